The molecule has 0 aliphatic rings. The van der Waals surface area contributed by atoms with Gasteiger partial charge in [0, 0.05) is 12.7 Å². The average molecular weight is 397 g/mol. The zero-order valence-electron chi connectivity index (χ0n) is 14.9. The van der Waals surface area contributed by atoms with Crippen LogP contribution < -0.4 is 10.2 Å². The highest BCUT2D eigenvalue weighted by atomic mass is 35.5. The number of halogens is 1. The van der Waals surface area contributed by atoms with Gasteiger partial charge in [-0.15, -0.1) is 0 Å². The molecule has 1 N–H and O–H groups in total. The summed E-state index contributed by atoms with van der Waals surface area (Å²) in [5.41, 5.74) is 3.92. The molecule has 0 bridgehead atoms. The van der Waals surface area contributed by atoms with Crippen molar-refractivity contribution in [3.8, 4) is 6.07 Å². The van der Waals surface area contributed by atoms with E-state index in [9.17, 15) is 4.79 Å². The van der Waals surface area contributed by atoms with Crippen LogP contribution in [0.4, 0.5) is 10.8 Å². The molecule has 0 radical (unpaired) electrons. The average Bonchev–Trinajstić information content (AvgIpc) is 3.07. The summed E-state index contributed by atoms with van der Waals surface area (Å²) < 4.78 is 0.340. The van der Waals surface area contributed by atoms with E-state index >= 15 is 0 Å². The number of carbonyl (C=O) groups is 1. The van der Waals surface area contributed by atoms with Crippen LogP contribution in [0.25, 0.3) is 0 Å². The van der Waals surface area contributed by atoms with Crippen molar-refractivity contribution < 1.29 is 4.79 Å². The number of nitrogens with one attached hydrogen (secondary N) is 1. The normalized spacial score (nSPS) is 10.3. The minimum Gasteiger partial charge on any atom is -0.354 e. The van der Waals surface area contributed by atoms with Gasteiger partial charge in [-0.25, -0.2) is 4.98 Å². The topological polar surface area (TPSA) is 69.0 Å². The molecule has 2 aromatic carbocycles. The predicted molar refractivity (Wildman–Crippen MR) is 109 cm³/mol. The molecule has 0 aliphatic carbocycles. The molecule has 3 aromatic rings. The molecule has 7 heteroatoms. The Morgan fingerprint density at radius 1 is 1.30 bits per heavy atom. The lowest BCUT2D eigenvalue weighted by Gasteiger charge is -2.22. The van der Waals surface area contributed by atoms with Crippen molar-refractivity contribution >= 4 is 39.7 Å². The number of thiazole rings is 1. The van der Waals surface area contributed by atoms with Gasteiger partial charge >= 0.3 is 0 Å². The molecular weight excluding hydrogens is 380 g/mol. The van der Waals surface area contributed by atoms with Gasteiger partial charge < -0.3 is 10.2 Å². The lowest BCUT2D eigenvalue weighted by molar-refractivity contribution is 0.0959. The van der Waals surface area contributed by atoms with E-state index in [2.05, 4.69) is 22.4 Å². The fourth-order valence-corrected chi connectivity index (χ4v) is 3.79. The van der Waals surface area contributed by atoms with Crippen molar-refractivity contribution in [1.29, 1.82) is 5.26 Å². The molecular formula is C20H17ClN4OS. The first-order valence-electron chi connectivity index (χ1n) is 8.23. The molecule has 0 saturated carbocycles. The Labute approximate surface area is 166 Å². The van der Waals surface area contributed by atoms with Gasteiger partial charge in [-0.05, 0) is 36.8 Å². The Balaban J connectivity index is 2.04. The molecule has 3 rings (SSSR count). The van der Waals surface area contributed by atoms with Crippen molar-refractivity contribution in [2.24, 2.45) is 0 Å². The van der Waals surface area contributed by atoms with Crippen LogP contribution in [0.1, 0.15) is 27.2 Å². The number of aryl methyl sites for hydroxylation is 1. The van der Waals surface area contributed by atoms with Crippen LogP contribution in [0.5, 0.6) is 0 Å². The first-order chi connectivity index (χ1) is 13.0. The first kappa shape index (κ1) is 18.9. The van der Waals surface area contributed by atoms with E-state index in [1.807, 2.05) is 42.2 Å². The van der Waals surface area contributed by atoms with Gasteiger partial charge in [-0.1, -0.05) is 52.8 Å². The van der Waals surface area contributed by atoms with Crippen molar-refractivity contribution in [1.82, 2.24) is 10.3 Å². The fourth-order valence-electron chi connectivity index (χ4n) is 2.64. The summed E-state index contributed by atoms with van der Waals surface area (Å²) >= 11 is 7.50. The number of carbonyl (C=O) groups excluding carboxylic acids is 1. The second-order valence-corrected chi connectivity index (χ2v) is 7.51. The van der Waals surface area contributed by atoms with E-state index in [0.717, 1.165) is 16.8 Å². The minimum absolute atomic E-state index is 0.210. The van der Waals surface area contributed by atoms with E-state index in [0.29, 0.717) is 21.6 Å². The van der Waals surface area contributed by atoms with E-state index in [4.69, 9.17) is 16.9 Å². The maximum Gasteiger partial charge on any atom is 0.272 e. The molecule has 0 aliphatic heterocycles. The largest absolute Gasteiger partial charge is 0.354 e. The van der Waals surface area contributed by atoms with Crippen molar-refractivity contribution in [2.75, 3.05) is 11.9 Å². The zero-order valence-corrected chi connectivity index (χ0v) is 16.4. The Morgan fingerprint density at radius 3 is 2.67 bits per heavy atom. The molecule has 0 unspecified atom stereocenters. The summed E-state index contributed by atoms with van der Waals surface area (Å²) in [5.74, 6) is -0.321. The van der Waals surface area contributed by atoms with Gasteiger partial charge in [-0.2, -0.15) is 5.26 Å². The van der Waals surface area contributed by atoms with Crippen molar-refractivity contribution in [2.45, 2.75) is 13.5 Å². The van der Waals surface area contributed by atoms with Crippen LogP contribution in [0.15, 0.2) is 48.5 Å². The number of aromatic nitrogens is 1. The molecule has 136 valence electrons. The Kier molecular flexibility index (Phi) is 5.75. The van der Waals surface area contributed by atoms with Gasteiger partial charge in [0.2, 0.25) is 0 Å². The maximum atomic E-state index is 12.0. The molecule has 0 atom stereocenters. The third-order valence-electron chi connectivity index (χ3n) is 3.98. The smallest absolute Gasteiger partial charge is 0.272 e. The highest BCUT2D eigenvalue weighted by Crippen LogP contribution is 2.36. The lowest BCUT2D eigenvalue weighted by atomic mass is 10.1. The Bertz CT molecular complexity index is 1010. The summed E-state index contributed by atoms with van der Waals surface area (Å²) in [6.07, 6.45) is 0. The molecule has 0 spiro atoms. The van der Waals surface area contributed by atoms with E-state index in [1.165, 1.54) is 11.3 Å². The van der Waals surface area contributed by atoms with E-state index in [1.54, 1.807) is 19.2 Å². The second-order valence-electron chi connectivity index (χ2n) is 5.93. The third-order valence-corrected chi connectivity index (χ3v) is 5.26. The Hall–Kier alpha value is -2.88. The summed E-state index contributed by atoms with van der Waals surface area (Å²) in [5, 5.41) is 12.2. The number of hydrogen-bond donors (Lipinski definition) is 1. The first-order valence-corrected chi connectivity index (χ1v) is 9.43. The minimum atomic E-state index is -0.321. The zero-order chi connectivity index (χ0) is 19.4. The predicted octanol–water partition coefficient (Wildman–Crippen LogP) is 4.67. The van der Waals surface area contributed by atoms with Gasteiger partial charge in [0.25, 0.3) is 5.91 Å². The molecule has 1 aromatic heterocycles. The molecule has 1 amide bonds. The Morgan fingerprint density at radius 2 is 2.04 bits per heavy atom. The number of nitrogens with zero attached hydrogens (tertiary/aromatic N) is 3. The van der Waals surface area contributed by atoms with Crippen LogP contribution in [0, 0.1) is 18.3 Å². The quantitative estimate of drug-likeness (QED) is 0.680. The molecule has 27 heavy (non-hydrogen) atoms. The number of benzene rings is 2. The van der Waals surface area contributed by atoms with Crippen LogP contribution in [-0.2, 0) is 6.54 Å². The third kappa shape index (κ3) is 4.27. The molecule has 5 nitrogen and oxygen atoms in total. The van der Waals surface area contributed by atoms with Crippen LogP contribution in [0.2, 0.25) is 4.34 Å². The highest BCUT2D eigenvalue weighted by Gasteiger charge is 2.21. The fraction of sp³-hybridized carbons (Fsp3) is 0.150. The number of hydrogen-bond acceptors (Lipinski definition) is 5. The van der Waals surface area contributed by atoms with E-state index in [-0.39, 0.29) is 11.6 Å². The van der Waals surface area contributed by atoms with Crippen LogP contribution in [-0.4, -0.2) is 17.9 Å². The van der Waals surface area contributed by atoms with Crippen molar-refractivity contribution in [3.63, 3.8) is 0 Å². The maximum absolute atomic E-state index is 12.0. The summed E-state index contributed by atoms with van der Waals surface area (Å²) in [6.45, 7) is 2.60. The van der Waals surface area contributed by atoms with Gasteiger partial charge in [0.15, 0.2) is 10.8 Å². The monoisotopic (exact) mass is 396 g/mol. The summed E-state index contributed by atoms with van der Waals surface area (Å²) in [7, 11) is 1.54. The molecule has 1 heterocycles. The van der Waals surface area contributed by atoms with Crippen molar-refractivity contribution in [3.05, 3.63) is 75.3 Å². The standard InChI is InChI=1S/C20H17ClN4OS/c1-13-4-3-5-15(10-13)12-25(16-8-6-14(11-22)7-9-16)20-24-17(18(21)27-20)19(26)23-2/h3-10H,12H2,1-2H3,(H,23,26). The van der Waals surface area contributed by atoms with Crippen LogP contribution >= 0.6 is 22.9 Å². The summed E-state index contributed by atoms with van der Waals surface area (Å²) in [4.78, 5) is 18.4. The van der Waals surface area contributed by atoms with Gasteiger partial charge in [0.05, 0.1) is 18.2 Å². The second kappa shape index (κ2) is 8.21. The van der Waals surface area contributed by atoms with Crippen LogP contribution in [0.3, 0.4) is 0 Å². The number of nitriles is 1. The molecule has 0 fully saturated rings. The van der Waals surface area contributed by atoms with Gasteiger partial charge in [0.1, 0.15) is 4.34 Å². The SMILES string of the molecule is CNC(=O)c1nc(N(Cc2cccc(C)c2)c2ccc(C#N)cc2)sc1Cl. The summed E-state index contributed by atoms with van der Waals surface area (Å²) in [6, 6.07) is 17.6. The number of anilines is 2. The lowest BCUT2D eigenvalue weighted by Crippen LogP contribution is -2.20. The molecule has 0 saturated heterocycles. The van der Waals surface area contributed by atoms with Gasteiger partial charge in [-0.3, -0.25) is 4.79 Å². The number of amides is 1. The van der Waals surface area contributed by atoms with E-state index < -0.39 is 0 Å². The number of rotatable bonds is 5. The highest BCUT2D eigenvalue weighted by molar-refractivity contribution is 7.19.